The van der Waals surface area contributed by atoms with Crippen LogP contribution in [0.3, 0.4) is 0 Å². The van der Waals surface area contributed by atoms with E-state index in [9.17, 15) is 15.3 Å². The van der Waals surface area contributed by atoms with Gasteiger partial charge in [-0.3, -0.25) is 10.1 Å². The molecule has 12 heavy (non-hydrogen) atoms. The van der Waals surface area contributed by atoms with E-state index in [1.54, 1.807) is 0 Å². The summed E-state index contributed by atoms with van der Waals surface area (Å²) in [5.74, 6) is -0.0365. The van der Waals surface area contributed by atoms with E-state index < -0.39 is 4.92 Å². The third-order valence-corrected chi connectivity index (χ3v) is 1.60. The monoisotopic (exact) mass is 188 g/mol. The second-order valence-corrected chi connectivity index (χ2v) is 2.36. The van der Waals surface area contributed by atoms with Gasteiger partial charge in [-0.15, -0.1) is 11.6 Å². The first-order chi connectivity index (χ1) is 5.65. The van der Waals surface area contributed by atoms with Crippen molar-refractivity contribution in [1.29, 1.82) is 0 Å². The zero-order valence-corrected chi connectivity index (χ0v) is 6.69. The van der Waals surface area contributed by atoms with Crippen molar-refractivity contribution in [3.8, 4) is 0 Å². The van der Waals surface area contributed by atoms with Gasteiger partial charge in [0.1, 0.15) is 5.88 Å². The van der Waals surface area contributed by atoms with Crippen molar-refractivity contribution in [1.82, 2.24) is 0 Å². The molecule has 6 heteroatoms. The maximum atomic E-state index is 10.8. The lowest BCUT2D eigenvalue weighted by Crippen LogP contribution is -2.30. The smallest absolute Gasteiger partial charge is 0.281 e. The molecule has 0 unspecified atom stereocenters. The van der Waals surface area contributed by atoms with E-state index >= 15 is 0 Å². The van der Waals surface area contributed by atoms with Crippen molar-refractivity contribution in [2.45, 2.75) is 5.88 Å². The molecule has 64 valence electrons. The Morgan fingerprint density at radius 2 is 2.33 bits per heavy atom. The molecule has 0 aromatic carbocycles. The lowest BCUT2D eigenvalue weighted by atomic mass is 10.3. The Morgan fingerprint density at radius 1 is 1.67 bits per heavy atom. The standard InChI is InChI=1S/C6H5ClN2O3/c7-4-6-3-5(9(11)12)1-2-8(6)10/h1-3H,4H2. The maximum absolute atomic E-state index is 10.8. The molecule has 0 spiro atoms. The second kappa shape index (κ2) is 3.36. The van der Waals surface area contributed by atoms with Gasteiger partial charge in [-0.2, -0.15) is 4.73 Å². The normalized spacial score (nSPS) is 9.75. The van der Waals surface area contributed by atoms with E-state index in [4.69, 9.17) is 11.6 Å². The van der Waals surface area contributed by atoms with Gasteiger partial charge in [-0.25, -0.2) is 0 Å². The summed E-state index contributed by atoms with van der Waals surface area (Å²) < 4.78 is 0.500. The quantitative estimate of drug-likeness (QED) is 0.228. The average molecular weight is 189 g/mol. The second-order valence-electron chi connectivity index (χ2n) is 2.09. The number of hydrogen-bond donors (Lipinski definition) is 0. The zero-order chi connectivity index (χ0) is 9.14. The summed E-state index contributed by atoms with van der Waals surface area (Å²) in [4.78, 5) is 9.66. The summed E-state index contributed by atoms with van der Waals surface area (Å²) in [6, 6.07) is 2.28. The van der Waals surface area contributed by atoms with Crippen LogP contribution in [0.2, 0.25) is 0 Å². The van der Waals surface area contributed by atoms with Crippen molar-refractivity contribution < 1.29 is 9.65 Å². The van der Waals surface area contributed by atoms with Crippen molar-refractivity contribution in [3.63, 3.8) is 0 Å². The molecule has 1 aromatic heterocycles. The molecule has 0 N–H and O–H groups in total. The molecule has 0 aliphatic carbocycles. The number of halogens is 1. The zero-order valence-electron chi connectivity index (χ0n) is 5.94. The fraction of sp³-hybridized carbons (Fsp3) is 0.167. The van der Waals surface area contributed by atoms with Gasteiger partial charge in [0.2, 0.25) is 5.69 Å². The molecule has 1 aromatic rings. The number of pyridine rings is 1. The summed E-state index contributed by atoms with van der Waals surface area (Å²) in [6.45, 7) is 0. The molecule has 0 aliphatic heterocycles. The molecule has 0 bridgehead atoms. The van der Waals surface area contributed by atoms with E-state index in [1.165, 1.54) is 0 Å². The molecule has 0 saturated heterocycles. The largest absolute Gasteiger partial charge is 0.618 e. The summed E-state index contributed by atoms with van der Waals surface area (Å²) in [7, 11) is 0. The number of alkyl halides is 1. The lowest BCUT2D eigenvalue weighted by Gasteiger charge is -1.99. The number of rotatable bonds is 2. The lowest BCUT2D eigenvalue weighted by molar-refractivity contribution is -0.613. The highest BCUT2D eigenvalue weighted by atomic mass is 35.5. The summed E-state index contributed by atoms with van der Waals surface area (Å²) in [5, 5.41) is 21.1. The first-order valence-electron chi connectivity index (χ1n) is 3.07. The van der Waals surface area contributed by atoms with E-state index in [2.05, 4.69) is 0 Å². The Morgan fingerprint density at radius 3 is 2.83 bits per heavy atom. The Bertz CT molecular complexity index is 316. The highest BCUT2D eigenvalue weighted by Crippen LogP contribution is 2.10. The Kier molecular flexibility index (Phi) is 2.44. The van der Waals surface area contributed by atoms with Crippen LogP contribution in [0.5, 0.6) is 0 Å². The van der Waals surface area contributed by atoms with Crippen LogP contribution in [0.25, 0.3) is 0 Å². The third kappa shape index (κ3) is 1.62. The van der Waals surface area contributed by atoms with Crippen LogP contribution in [0.4, 0.5) is 5.69 Å². The van der Waals surface area contributed by atoms with Crippen LogP contribution in [0.15, 0.2) is 18.3 Å². The molecule has 0 radical (unpaired) electrons. The van der Waals surface area contributed by atoms with E-state index in [-0.39, 0.29) is 17.3 Å². The van der Waals surface area contributed by atoms with Crippen LogP contribution in [0.1, 0.15) is 5.69 Å². The van der Waals surface area contributed by atoms with Gasteiger partial charge in [-0.1, -0.05) is 0 Å². The maximum Gasteiger partial charge on any atom is 0.281 e. The number of hydrogen-bond acceptors (Lipinski definition) is 3. The minimum absolute atomic E-state index is 0.0365. The number of nitrogens with zero attached hydrogens (tertiary/aromatic N) is 2. The van der Waals surface area contributed by atoms with Crippen LogP contribution in [0, 0.1) is 15.3 Å². The van der Waals surface area contributed by atoms with Crippen LogP contribution in [-0.4, -0.2) is 4.92 Å². The molecule has 0 amide bonds. The highest BCUT2D eigenvalue weighted by Gasteiger charge is 2.12. The van der Waals surface area contributed by atoms with E-state index in [1.807, 2.05) is 0 Å². The van der Waals surface area contributed by atoms with E-state index in [0.717, 1.165) is 18.3 Å². The first kappa shape index (κ1) is 8.73. The van der Waals surface area contributed by atoms with Gasteiger partial charge in [0.25, 0.3) is 5.69 Å². The van der Waals surface area contributed by atoms with Crippen molar-refractivity contribution in [3.05, 3.63) is 39.3 Å². The molecular weight excluding hydrogens is 184 g/mol. The van der Waals surface area contributed by atoms with Crippen LogP contribution in [-0.2, 0) is 5.88 Å². The predicted octanol–water partition coefficient (Wildman–Crippen LogP) is 0.967. The van der Waals surface area contributed by atoms with E-state index in [0.29, 0.717) is 4.73 Å². The predicted molar refractivity (Wildman–Crippen MR) is 41.6 cm³/mol. The minimum Gasteiger partial charge on any atom is -0.618 e. The highest BCUT2D eigenvalue weighted by molar-refractivity contribution is 6.16. The molecule has 0 fully saturated rings. The van der Waals surface area contributed by atoms with Crippen molar-refractivity contribution in [2.24, 2.45) is 0 Å². The SMILES string of the molecule is O=[N+]([O-])c1cc[n+]([O-])c(CCl)c1. The molecule has 0 aliphatic rings. The first-order valence-corrected chi connectivity index (χ1v) is 3.61. The van der Waals surface area contributed by atoms with Gasteiger partial charge < -0.3 is 5.21 Å². The van der Waals surface area contributed by atoms with Crippen molar-refractivity contribution >= 4 is 17.3 Å². The summed E-state index contributed by atoms with van der Waals surface area (Å²) in [5.41, 5.74) is 0.0450. The van der Waals surface area contributed by atoms with Gasteiger partial charge in [0.05, 0.1) is 17.1 Å². The van der Waals surface area contributed by atoms with Gasteiger partial charge in [-0.05, 0) is 0 Å². The fourth-order valence-corrected chi connectivity index (χ4v) is 0.928. The molecule has 1 heterocycles. The molecule has 5 nitrogen and oxygen atoms in total. The Hall–Kier alpha value is -1.36. The van der Waals surface area contributed by atoms with Crippen molar-refractivity contribution in [2.75, 3.05) is 0 Å². The fourth-order valence-electron chi connectivity index (χ4n) is 0.733. The molecule has 1 rings (SSSR count). The minimum atomic E-state index is -0.573. The van der Waals surface area contributed by atoms with Crippen LogP contribution < -0.4 is 4.73 Å². The van der Waals surface area contributed by atoms with Gasteiger partial charge in [0.15, 0.2) is 6.20 Å². The number of nitro groups is 1. The third-order valence-electron chi connectivity index (χ3n) is 1.33. The topological polar surface area (TPSA) is 70.1 Å². The molecule has 0 atom stereocenters. The van der Waals surface area contributed by atoms with Gasteiger partial charge >= 0.3 is 0 Å². The summed E-state index contributed by atoms with van der Waals surface area (Å²) in [6.07, 6.45) is 1.07. The van der Waals surface area contributed by atoms with Gasteiger partial charge in [0, 0.05) is 0 Å². The Labute approximate surface area is 72.9 Å². The Balaban J connectivity index is 3.13. The average Bonchev–Trinajstić information content (AvgIpc) is 2.05. The molecular formula is C6H5ClN2O3. The number of aromatic nitrogens is 1. The van der Waals surface area contributed by atoms with Crippen LogP contribution >= 0.6 is 11.6 Å². The molecule has 0 saturated carbocycles. The summed E-state index contributed by atoms with van der Waals surface area (Å²) >= 11 is 5.37.